The van der Waals surface area contributed by atoms with Crippen molar-refractivity contribution in [1.29, 1.82) is 0 Å². The van der Waals surface area contributed by atoms with E-state index in [0.717, 1.165) is 0 Å². The number of aromatic hydroxyl groups is 1. The molecule has 0 aromatic heterocycles. The van der Waals surface area contributed by atoms with Crippen LogP contribution in [0.3, 0.4) is 0 Å². The number of benzene rings is 1. The Morgan fingerprint density at radius 1 is 1.17 bits per heavy atom. The summed E-state index contributed by atoms with van der Waals surface area (Å²) in [6, 6.07) is 4.83. The summed E-state index contributed by atoms with van der Waals surface area (Å²) in [5.41, 5.74) is -0.597. The zero-order valence-corrected chi connectivity index (χ0v) is 15.4. The van der Waals surface area contributed by atoms with Crippen LogP contribution in [-0.4, -0.2) is 35.1 Å². The lowest BCUT2D eigenvalue weighted by molar-refractivity contribution is 0.00578. The third kappa shape index (κ3) is 4.02. The molecular formula is C17H26BNO5. The Hall–Kier alpha value is -1.73. The molecule has 1 aromatic carbocycles. The van der Waals surface area contributed by atoms with Gasteiger partial charge in [-0.05, 0) is 66.1 Å². The minimum absolute atomic E-state index is 0.0545. The number of nitrogens with one attached hydrogen (secondary N) is 1. The van der Waals surface area contributed by atoms with Crippen molar-refractivity contribution in [2.75, 3.05) is 5.32 Å². The van der Waals surface area contributed by atoms with Gasteiger partial charge in [0.05, 0.1) is 16.9 Å². The second-order valence-corrected chi connectivity index (χ2v) is 7.99. The maximum Gasteiger partial charge on any atom is 0.494 e. The van der Waals surface area contributed by atoms with Gasteiger partial charge in [0, 0.05) is 0 Å². The summed E-state index contributed by atoms with van der Waals surface area (Å²) in [6.45, 7) is 13.2. The fourth-order valence-electron chi connectivity index (χ4n) is 2.19. The van der Waals surface area contributed by atoms with Crippen molar-refractivity contribution in [3.63, 3.8) is 0 Å². The molecule has 6 nitrogen and oxygen atoms in total. The van der Waals surface area contributed by atoms with Crippen LogP contribution in [0.25, 0.3) is 0 Å². The molecule has 24 heavy (non-hydrogen) atoms. The van der Waals surface area contributed by atoms with E-state index < -0.39 is 30.0 Å². The molecule has 0 saturated carbocycles. The molecule has 1 fully saturated rings. The van der Waals surface area contributed by atoms with Gasteiger partial charge in [-0.1, -0.05) is 6.07 Å². The van der Waals surface area contributed by atoms with Gasteiger partial charge < -0.3 is 19.2 Å². The number of phenolic OH excluding ortho intramolecular Hbond substituents is 1. The molecule has 1 aliphatic heterocycles. The van der Waals surface area contributed by atoms with Gasteiger partial charge in [-0.3, -0.25) is 5.32 Å². The number of anilines is 1. The van der Waals surface area contributed by atoms with E-state index in [1.165, 1.54) is 6.07 Å². The SMILES string of the molecule is CC(C)(C)OC(=O)Nc1cc(B2OC(C)(C)C(C)(C)O2)ccc1O. The minimum Gasteiger partial charge on any atom is -0.506 e. The highest BCUT2D eigenvalue weighted by molar-refractivity contribution is 6.62. The van der Waals surface area contributed by atoms with Crippen LogP contribution in [0.5, 0.6) is 5.75 Å². The zero-order valence-electron chi connectivity index (χ0n) is 15.4. The molecule has 1 amide bonds. The van der Waals surface area contributed by atoms with Crippen LogP contribution in [-0.2, 0) is 14.0 Å². The second kappa shape index (κ2) is 5.97. The molecular weight excluding hydrogens is 309 g/mol. The van der Waals surface area contributed by atoms with Gasteiger partial charge in [0.15, 0.2) is 0 Å². The molecule has 0 unspecified atom stereocenters. The van der Waals surface area contributed by atoms with Gasteiger partial charge in [-0.15, -0.1) is 0 Å². The fraction of sp³-hybridized carbons (Fsp3) is 0.588. The van der Waals surface area contributed by atoms with Crippen LogP contribution in [0, 0.1) is 0 Å². The molecule has 0 bridgehead atoms. The number of amides is 1. The van der Waals surface area contributed by atoms with E-state index in [4.69, 9.17) is 14.0 Å². The summed E-state index contributed by atoms with van der Waals surface area (Å²) in [6.07, 6.45) is -0.635. The molecule has 0 radical (unpaired) electrons. The van der Waals surface area contributed by atoms with E-state index in [1.807, 2.05) is 27.7 Å². The van der Waals surface area contributed by atoms with Gasteiger partial charge >= 0.3 is 13.2 Å². The van der Waals surface area contributed by atoms with Gasteiger partial charge in [-0.2, -0.15) is 0 Å². The van der Waals surface area contributed by atoms with Gasteiger partial charge in [0.25, 0.3) is 0 Å². The number of ether oxygens (including phenoxy) is 1. The van der Waals surface area contributed by atoms with Crippen molar-refractivity contribution < 1.29 is 23.9 Å². The van der Waals surface area contributed by atoms with Gasteiger partial charge in [0.1, 0.15) is 11.4 Å². The van der Waals surface area contributed by atoms with Crippen LogP contribution in [0.2, 0.25) is 0 Å². The van der Waals surface area contributed by atoms with Crippen LogP contribution in [0.15, 0.2) is 18.2 Å². The molecule has 1 saturated heterocycles. The quantitative estimate of drug-likeness (QED) is 0.642. The molecule has 2 N–H and O–H groups in total. The Kier molecular flexibility index (Phi) is 4.63. The van der Waals surface area contributed by atoms with E-state index in [-0.39, 0.29) is 11.4 Å². The highest BCUT2D eigenvalue weighted by Crippen LogP contribution is 2.37. The summed E-state index contributed by atoms with van der Waals surface area (Å²) < 4.78 is 17.2. The van der Waals surface area contributed by atoms with E-state index >= 15 is 0 Å². The maximum atomic E-state index is 11.9. The van der Waals surface area contributed by atoms with Crippen LogP contribution in [0.1, 0.15) is 48.5 Å². The topological polar surface area (TPSA) is 77.0 Å². The van der Waals surface area contributed by atoms with E-state index in [9.17, 15) is 9.90 Å². The maximum absolute atomic E-state index is 11.9. The number of hydrogen-bond donors (Lipinski definition) is 2. The first-order chi connectivity index (χ1) is 10.8. The van der Waals surface area contributed by atoms with Crippen molar-refractivity contribution >= 4 is 24.4 Å². The first-order valence-electron chi connectivity index (χ1n) is 7.99. The molecule has 2 rings (SSSR count). The first kappa shape index (κ1) is 18.6. The van der Waals surface area contributed by atoms with Crippen LogP contribution < -0.4 is 10.8 Å². The molecule has 7 heteroatoms. The molecule has 1 aliphatic rings. The van der Waals surface area contributed by atoms with E-state index in [0.29, 0.717) is 5.46 Å². The Morgan fingerprint density at radius 2 is 1.71 bits per heavy atom. The monoisotopic (exact) mass is 335 g/mol. The number of rotatable bonds is 2. The van der Waals surface area contributed by atoms with E-state index in [1.54, 1.807) is 32.9 Å². The van der Waals surface area contributed by atoms with Crippen molar-refractivity contribution in [3.8, 4) is 5.75 Å². The standard InChI is InChI=1S/C17H26BNO5/c1-15(2,3)22-14(21)19-12-10-11(8-9-13(12)20)18-23-16(4,5)17(6,7)24-18/h8-10,20H,1-7H3,(H,19,21). The summed E-state index contributed by atoms with van der Waals surface area (Å²) in [7, 11) is -0.574. The number of phenols is 1. The lowest BCUT2D eigenvalue weighted by Gasteiger charge is -2.32. The summed E-state index contributed by atoms with van der Waals surface area (Å²) in [4.78, 5) is 11.9. The Morgan fingerprint density at radius 3 is 2.21 bits per heavy atom. The lowest BCUT2D eigenvalue weighted by Crippen LogP contribution is -2.41. The molecule has 132 valence electrons. The Labute approximate surface area is 143 Å². The minimum atomic E-state index is -0.635. The number of carbonyl (C=O) groups excluding carboxylic acids is 1. The first-order valence-corrected chi connectivity index (χ1v) is 7.99. The van der Waals surface area contributed by atoms with Gasteiger partial charge in [0.2, 0.25) is 0 Å². The Balaban J connectivity index is 2.19. The molecule has 0 aliphatic carbocycles. The van der Waals surface area contributed by atoms with Crippen LogP contribution >= 0.6 is 0 Å². The largest absolute Gasteiger partial charge is 0.506 e. The average Bonchev–Trinajstić information content (AvgIpc) is 2.59. The second-order valence-electron chi connectivity index (χ2n) is 7.99. The highest BCUT2D eigenvalue weighted by Gasteiger charge is 2.51. The third-order valence-electron chi connectivity index (χ3n) is 4.18. The highest BCUT2D eigenvalue weighted by atomic mass is 16.7. The van der Waals surface area contributed by atoms with Gasteiger partial charge in [-0.25, -0.2) is 4.79 Å². The number of hydrogen-bond acceptors (Lipinski definition) is 5. The summed E-state index contributed by atoms with van der Waals surface area (Å²) in [5.74, 6) is -0.0545. The van der Waals surface area contributed by atoms with Crippen molar-refractivity contribution in [1.82, 2.24) is 0 Å². The molecule has 0 atom stereocenters. The zero-order chi connectivity index (χ0) is 18.3. The lowest BCUT2D eigenvalue weighted by atomic mass is 9.79. The molecule has 1 heterocycles. The van der Waals surface area contributed by atoms with Crippen molar-refractivity contribution in [2.45, 2.75) is 65.3 Å². The molecule has 1 aromatic rings. The van der Waals surface area contributed by atoms with Crippen molar-refractivity contribution in [3.05, 3.63) is 18.2 Å². The normalized spacial score (nSPS) is 19.2. The Bertz CT molecular complexity index is 620. The van der Waals surface area contributed by atoms with E-state index in [2.05, 4.69) is 5.32 Å². The predicted octanol–water partition coefficient (Wildman–Crippen LogP) is 3.04. The number of carbonyl (C=O) groups is 1. The summed E-state index contributed by atoms with van der Waals surface area (Å²) >= 11 is 0. The smallest absolute Gasteiger partial charge is 0.494 e. The predicted molar refractivity (Wildman–Crippen MR) is 93.7 cm³/mol. The summed E-state index contributed by atoms with van der Waals surface area (Å²) in [5, 5.41) is 12.5. The van der Waals surface area contributed by atoms with Crippen LogP contribution in [0.4, 0.5) is 10.5 Å². The molecule has 0 spiro atoms. The average molecular weight is 335 g/mol. The third-order valence-corrected chi connectivity index (χ3v) is 4.18. The fourth-order valence-corrected chi connectivity index (χ4v) is 2.19. The van der Waals surface area contributed by atoms with Crippen molar-refractivity contribution in [2.24, 2.45) is 0 Å².